The molecule has 0 spiro atoms. The molecule has 25 heavy (non-hydrogen) atoms. The van der Waals surface area contributed by atoms with Gasteiger partial charge in [0.25, 0.3) is 0 Å². The SMILES string of the molecule is Cc1ccc(C(C)N(C)C(=O)CCS(=O)(=O)c2ccc(C)cc2)cc1. The van der Waals surface area contributed by atoms with Crippen LogP contribution in [0.15, 0.2) is 53.4 Å². The minimum atomic E-state index is -3.45. The molecule has 0 heterocycles. The number of hydrogen-bond donors (Lipinski definition) is 0. The van der Waals surface area contributed by atoms with Gasteiger partial charge < -0.3 is 4.90 Å². The van der Waals surface area contributed by atoms with Gasteiger partial charge in [-0.15, -0.1) is 0 Å². The third-order valence-corrected chi connectivity index (χ3v) is 6.23. The van der Waals surface area contributed by atoms with Crippen LogP contribution in [0.3, 0.4) is 0 Å². The maximum atomic E-state index is 12.4. The maximum Gasteiger partial charge on any atom is 0.223 e. The molecule has 0 radical (unpaired) electrons. The number of aryl methyl sites for hydroxylation is 2. The van der Waals surface area contributed by atoms with E-state index >= 15 is 0 Å². The normalized spacial score (nSPS) is 12.6. The van der Waals surface area contributed by atoms with Crippen molar-refractivity contribution in [1.82, 2.24) is 4.90 Å². The van der Waals surface area contributed by atoms with Crippen molar-refractivity contribution < 1.29 is 13.2 Å². The summed E-state index contributed by atoms with van der Waals surface area (Å²) in [5.41, 5.74) is 3.19. The maximum absolute atomic E-state index is 12.4. The van der Waals surface area contributed by atoms with E-state index in [0.29, 0.717) is 0 Å². The summed E-state index contributed by atoms with van der Waals surface area (Å²) in [6.45, 7) is 5.86. The Morgan fingerprint density at radius 3 is 1.96 bits per heavy atom. The first-order chi connectivity index (χ1) is 11.7. The summed E-state index contributed by atoms with van der Waals surface area (Å²) in [5.74, 6) is -0.358. The lowest BCUT2D eigenvalue weighted by atomic mass is 10.1. The van der Waals surface area contributed by atoms with Crippen molar-refractivity contribution in [3.63, 3.8) is 0 Å². The molecule has 4 nitrogen and oxygen atoms in total. The van der Waals surface area contributed by atoms with Crippen molar-refractivity contribution in [2.24, 2.45) is 0 Å². The first-order valence-corrected chi connectivity index (χ1v) is 9.97. The molecule has 0 N–H and O–H groups in total. The third-order valence-electron chi connectivity index (χ3n) is 4.50. The van der Waals surface area contributed by atoms with Crippen LogP contribution >= 0.6 is 0 Å². The molecule has 0 aliphatic heterocycles. The van der Waals surface area contributed by atoms with E-state index < -0.39 is 9.84 Å². The Hall–Kier alpha value is -2.14. The van der Waals surface area contributed by atoms with Crippen LogP contribution in [0.25, 0.3) is 0 Å². The molecule has 1 unspecified atom stereocenters. The predicted octanol–water partition coefficient (Wildman–Crippen LogP) is 3.69. The second kappa shape index (κ2) is 7.83. The summed E-state index contributed by atoms with van der Waals surface area (Å²) in [6.07, 6.45) is -0.0249. The van der Waals surface area contributed by atoms with Crippen LogP contribution in [0.2, 0.25) is 0 Å². The fourth-order valence-corrected chi connectivity index (χ4v) is 3.78. The average molecular weight is 359 g/mol. The Bertz CT molecular complexity index is 824. The van der Waals surface area contributed by atoms with Crippen LogP contribution in [-0.2, 0) is 14.6 Å². The van der Waals surface area contributed by atoms with Gasteiger partial charge in [0.05, 0.1) is 16.7 Å². The molecule has 0 bridgehead atoms. The van der Waals surface area contributed by atoms with E-state index in [4.69, 9.17) is 0 Å². The highest BCUT2D eigenvalue weighted by molar-refractivity contribution is 7.91. The van der Waals surface area contributed by atoms with Gasteiger partial charge in [-0.1, -0.05) is 47.5 Å². The van der Waals surface area contributed by atoms with Gasteiger partial charge in [0.1, 0.15) is 0 Å². The van der Waals surface area contributed by atoms with Crippen molar-refractivity contribution in [3.8, 4) is 0 Å². The molecule has 0 aliphatic carbocycles. The van der Waals surface area contributed by atoms with Gasteiger partial charge in [-0.2, -0.15) is 0 Å². The van der Waals surface area contributed by atoms with E-state index in [1.807, 2.05) is 45.0 Å². The number of sulfone groups is 1. The van der Waals surface area contributed by atoms with Gasteiger partial charge in [-0.25, -0.2) is 8.42 Å². The average Bonchev–Trinajstić information content (AvgIpc) is 2.59. The Labute approximate surface area is 150 Å². The molecular weight excluding hydrogens is 334 g/mol. The summed E-state index contributed by atoms with van der Waals surface area (Å²) < 4.78 is 24.8. The molecule has 2 rings (SSSR count). The van der Waals surface area contributed by atoms with Crippen molar-refractivity contribution in [2.45, 2.75) is 38.1 Å². The molecule has 0 aromatic heterocycles. The molecular formula is C20H25NO3S. The molecule has 134 valence electrons. The van der Waals surface area contributed by atoms with E-state index in [2.05, 4.69) is 0 Å². The second-order valence-corrected chi connectivity index (χ2v) is 8.58. The highest BCUT2D eigenvalue weighted by Crippen LogP contribution is 2.20. The van der Waals surface area contributed by atoms with Gasteiger partial charge in [0.15, 0.2) is 9.84 Å². The van der Waals surface area contributed by atoms with E-state index in [9.17, 15) is 13.2 Å². The quantitative estimate of drug-likeness (QED) is 0.790. The summed E-state index contributed by atoms with van der Waals surface area (Å²) >= 11 is 0. The lowest BCUT2D eigenvalue weighted by Gasteiger charge is -2.25. The number of hydrogen-bond acceptors (Lipinski definition) is 3. The fourth-order valence-electron chi connectivity index (χ4n) is 2.55. The van der Waals surface area contributed by atoms with Crippen LogP contribution in [0.1, 0.15) is 36.1 Å². The van der Waals surface area contributed by atoms with Crippen LogP contribution in [0.4, 0.5) is 0 Å². The summed E-state index contributed by atoms with van der Waals surface area (Å²) in [5, 5.41) is 0. The van der Waals surface area contributed by atoms with Crippen molar-refractivity contribution in [2.75, 3.05) is 12.8 Å². The van der Waals surface area contributed by atoms with E-state index in [-0.39, 0.29) is 29.0 Å². The standard InChI is InChI=1S/C20H25NO3S/c1-15-5-9-18(10-6-15)17(3)21(4)20(22)13-14-25(23,24)19-11-7-16(2)8-12-19/h5-12,17H,13-14H2,1-4H3. The highest BCUT2D eigenvalue weighted by Gasteiger charge is 2.21. The van der Waals surface area contributed by atoms with Gasteiger partial charge in [-0.3, -0.25) is 4.79 Å². The number of nitrogens with zero attached hydrogens (tertiary/aromatic N) is 1. The second-order valence-electron chi connectivity index (χ2n) is 6.47. The number of rotatable bonds is 6. The molecule has 1 amide bonds. The molecule has 0 saturated carbocycles. The Morgan fingerprint density at radius 1 is 0.960 bits per heavy atom. The van der Waals surface area contributed by atoms with Crippen molar-refractivity contribution >= 4 is 15.7 Å². The Balaban J connectivity index is 2.01. The van der Waals surface area contributed by atoms with Crippen molar-refractivity contribution in [3.05, 3.63) is 65.2 Å². The molecule has 2 aromatic carbocycles. The van der Waals surface area contributed by atoms with Crippen LogP contribution in [0, 0.1) is 13.8 Å². The van der Waals surface area contributed by atoms with Gasteiger partial charge in [0, 0.05) is 13.5 Å². The number of amides is 1. The van der Waals surface area contributed by atoms with Gasteiger partial charge in [-0.05, 0) is 38.5 Å². The van der Waals surface area contributed by atoms with Gasteiger partial charge >= 0.3 is 0 Å². The monoisotopic (exact) mass is 359 g/mol. The summed E-state index contributed by atoms with van der Waals surface area (Å²) in [7, 11) is -1.74. The number of benzene rings is 2. The predicted molar refractivity (Wildman–Crippen MR) is 100 cm³/mol. The number of carbonyl (C=O) groups is 1. The van der Waals surface area contributed by atoms with Crippen molar-refractivity contribution in [1.29, 1.82) is 0 Å². The third kappa shape index (κ3) is 4.92. The van der Waals surface area contributed by atoms with E-state index in [1.165, 1.54) is 0 Å². The van der Waals surface area contributed by atoms with E-state index in [0.717, 1.165) is 16.7 Å². The van der Waals surface area contributed by atoms with E-state index in [1.54, 1.807) is 36.2 Å². The van der Waals surface area contributed by atoms with Crippen LogP contribution < -0.4 is 0 Å². The Morgan fingerprint density at radius 2 is 1.44 bits per heavy atom. The summed E-state index contributed by atoms with van der Waals surface area (Å²) in [4.78, 5) is 14.3. The molecule has 0 fully saturated rings. The highest BCUT2D eigenvalue weighted by atomic mass is 32.2. The molecule has 0 saturated heterocycles. The lowest BCUT2D eigenvalue weighted by molar-refractivity contribution is -0.131. The zero-order valence-electron chi connectivity index (χ0n) is 15.2. The molecule has 0 aliphatic rings. The molecule has 5 heteroatoms. The molecule has 2 aromatic rings. The topological polar surface area (TPSA) is 54.5 Å². The molecule has 1 atom stereocenters. The first kappa shape index (κ1) is 19.2. The number of carbonyl (C=O) groups excluding carboxylic acids is 1. The zero-order chi connectivity index (χ0) is 18.6. The first-order valence-electron chi connectivity index (χ1n) is 8.32. The minimum Gasteiger partial charge on any atom is -0.339 e. The fraction of sp³-hybridized carbons (Fsp3) is 0.350. The Kier molecular flexibility index (Phi) is 6.01. The van der Waals surface area contributed by atoms with Crippen LogP contribution in [0.5, 0.6) is 0 Å². The largest absolute Gasteiger partial charge is 0.339 e. The summed E-state index contributed by atoms with van der Waals surface area (Å²) in [6, 6.07) is 14.6. The lowest BCUT2D eigenvalue weighted by Crippen LogP contribution is -2.31. The smallest absolute Gasteiger partial charge is 0.223 e. The minimum absolute atomic E-state index is 0.0249. The van der Waals surface area contributed by atoms with Crippen LogP contribution in [-0.4, -0.2) is 32.0 Å². The van der Waals surface area contributed by atoms with Gasteiger partial charge in [0.2, 0.25) is 5.91 Å². The zero-order valence-corrected chi connectivity index (χ0v) is 16.0.